The van der Waals surface area contributed by atoms with Gasteiger partial charge in [-0.25, -0.2) is 9.78 Å². The molecule has 5 nitrogen and oxygen atoms in total. The van der Waals surface area contributed by atoms with E-state index >= 15 is 0 Å². The van der Waals surface area contributed by atoms with Gasteiger partial charge in [0.1, 0.15) is 0 Å². The van der Waals surface area contributed by atoms with Gasteiger partial charge in [-0.15, -0.1) is 0 Å². The molecule has 0 saturated heterocycles. The lowest BCUT2D eigenvalue weighted by molar-refractivity contribution is 0.0671. The fourth-order valence-electron chi connectivity index (χ4n) is 1.43. The first kappa shape index (κ1) is 12.2. The van der Waals surface area contributed by atoms with Gasteiger partial charge in [0.15, 0.2) is 5.69 Å². The van der Waals surface area contributed by atoms with E-state index in [1.165, 1.54) is 12.3 Å². The molecule has 0 spiro atoms. The summed E-state index contributed by atoms with van der Waals surface area (Å²) in [6.07, 6.45) is 1.36. The van der Waals surface area contributed by atoms with Gasteiger partial charge in [0.05, 0.1) is 5.56 Å². The molecule has 1 amide bonds. The molecule has 1 aromatic heterocycles. The summed E-state index contributed by atoms with van der Waals surface area (Å²) >= 11 is 0. The number of hydrogen-bond donors (Lipinski definition) is 1. The van der Waals surface area contributed by atoms with Crippen molar-refractivity contribution in [1.82, 2.24) is 9.88 Å². The number of rotatable bonds is 4. The van der Waals surface area contributed by atoms with E-state index in [4.69, 9.17) is 5.11 Å². The molecule has 1 heterocycles. The van der Waals surface area contributed by atoms with Crippen molar-refractivity contribution in [2.24, 2.45) is 0 Å². The zero-order chi connectivity index (χ0) is 12.1. The Morgan fingerprint density at radius 2 is 2.00 bits per heavy atom. The van der Waals surface area contributed by atoms with Gasteiger partial charge in [-0.3, -0.25) is 4.79 Å². The zero-order valence-electron chi connectivity index (χ0n) is 9.30. The first-order valence-corrected chi connectivity index (χ1v) is 5.09. The number of carbonyl (C=O) groups is 2. The van der Waals surface area contributed by atoms with E-state index in [0.717, 1.165) is 0 Å². The van der Waals surface area contributed by atoms with E-state index in [0.29, 0.717) is 13.1 Å². The minimum absolute atomic E-state index is 0.138. The van der Waals surface area contributed by atoms with Gasteiger partial charge in [-0.2, -0.15) is 0 Å². The van der Waals surface area contributed by atoms with Crippen LogP contribution < -0.4 is 0 Å². The Bertz CT molecular complexity index is 400. The lowest BCUT2D eigenvalue weighted by atomic mass is 10.1. The predicted octanol–water partition coefficient (Wildman–Crippen LogP) is 1.26. The van der Waals surface area contributed by atoms with Crippen LogP contribution in [0.25, 0.3) is 0 Å². The van der Waals surface area contributed by atoms with Crippen molar-refractivity contribution < 1.29 is 14.7 Å². The van der Waals surface area contributed by atoms with E-state index in [1.54, 1.807) is 11.0 Å². The second-order valence-corrected chi connectivity index (χ2v) is 3.18. The largest absolute Gasteiger partial charge is 0.476 e. The summed E-state index contributed by atoms with van der Waals surface area (Å²) in [7, 11) is 0. The van der Waals surface area contributed by atoms with Crippen molar-refractivity contribution in [2.75, 3.05) is 13.1 Å². The van der Waals surface area contributed by atoms with Crippen LogP contribution in [0, 0.1) is 0 Å². The van der Waals surface area contributed by atoms with Crippen LogP contribution in [0.15, 0.2) is 18.3 Å². The molecule has 1 aromatic rings. The SMILES string of the molecule is CCN(CC)C(=O)c1cccnc1C(=O)O. The Labute approximate surface area is 93.7 Å². The average Bonchev–Trinajstić information content (AvgIpc) is 2.30. The molecule has 86 valence electrons. The van der Waals surface area contributed by atoms with E-state index in [-0.39, 0.29) is 17.2 Å². The number of aromatic carboxylic acids is 1. The molecule has 0 radical (unpaired) electrons. The second kappa shape index (κ2) is 5.25. The van der Waals surface area contributed by atoms with Gasteiger partial charge in [0.25, 0.3) is 5.91 Å². The van der Waals surface area contributed by atoms with Crippen molar-refractivity contribution >= 4 is 11.9 Å². The Hall–Kier alpha value is -1.91. The summed E-state index contributed by atoms with van der Waals surface area (Å²) < 4.78 is 0. The maximum absolute atomic E-state index is 12.0. The van der Waals surface area contributed by atoms with Gasteiger partial charge in [0.2, 0.25) is 0 Å². The molecule has 5 heteroatoms. The summed E-state index contributed by atoms with van der Waals surface area (Å²) in [6.45, 7) is 4.78. The van der Waals surface area contributed by atoms with Crippen molar-refractivity contribution in [2.45, 2.75) is 13.8 Å². The molecular formula is C11H14N2O3. The molecule has 0 aliphatic heterocycles. The Balaban J connectivity index is 3.12. The highest BCUT2D eigenvalue weighted by Gasteiger charge is 2.20. The summed E-state index contributed by atoms with van der Waals surface area (Å²) in [5, 5.41) is 8.91. The number of aromatic nitrogens is 1. The van der Waals surface area contributed by atoms with Crippen LogP contribution in [0.5, 0.6) is 0 Å². The zero-order valence-corrected chi connectivity index (χ0v) is 9.30. The van der Waals surface area contributed by atoms with E-state index < -0.39 is 5.97 Å². The molecule has 0 aliphatic carbocycles. The summed E-state index contributed by atoms with van der Waals surface area (Å²) in [5.74, 6) is -1.48. The van der Waals surface area contributed by atoms with Crippen molar-refractivity contribution in [3.63, 3.8) is 0 Å². The Morgan fingerprint density at radius 1 is 1.38 bits per heavy atom. The number of hydrogen-bond acceptors (Lipinski definition) is 3. The summed E-state index contributed by atoms with van der Waals surface area (Å²) in [5.41, 5.74) is -0.0573. The van der Waals surface area contributed by atoms with Crippen LogP contribution in [-0.2, 0) is 0 Å². The quantitative estimate of drug-likeness (QED) is 0.832. The average molecular weight is 222 g/mol. The van der Waals surface area contributed by atoms with Gasteiger partial charge < -0.3 is 10.0 Å². The monoisotopic (exact) mass is 222 g/mol. The Kier molecular flexibility index (Phi) is 3.99. The fourth-order valence-corrected chi connectivity index (χ4v) is 1.43. The maximum atomic E-state index is 12.0. The molecule has 0 unspecified atom stereocenters. The molecule has 1 N–H and O–H groups in total. The smallest absolute Gasteiger partial charge is 0.355 e. The molecule has 0 aromatic carbocycles. The topological polar surface area (TPSA) is 70.5 Å². The first-order valence-electron chi connectivity index (χ1n) is 5.09. The summed E-state index contributed by atoms with van der Waals surface area (Å²) in [6, 6.07) is 3.04. The molecule has 1 rings (SSSR count). The number of carbonyl (C=O) groups excluding carboxylic acids is 1. The molecule has 0 aliphatic rings. The highest BCUT2D eigenvalue weighted by atomic mass is 16.4. The van der Waals surface area contributed by atoms with Crippen LogP contribution in [0.2, 0.25) is 0 Å². The lowest BCUT2D eigenvalue weighted by Gasteiger charge is -2.19. The minimum Gasteiger partial charge on any atom is -0.476 e. The van der Waals surface area contributed by atoms with Gasteiger partial charge >= 0.3 is 5.97 Å². The first-order chi connectivity index (χ1) is 7.61. The number of nitrogens with zero attached hydrogens (tertiary/aromatic N) is 2. The van der Waals surface area contributed by atoms with Crippen molar-refractivity contribution in [3.8, 4) is 0 Å². The summed E-state index contributed by atoms with van der Waals surface area (Å²) in [4.78, 5) is 28.1. The van der Waals surface area contributed by atoms with Gasteiger partial charge in [-0.1, -0.05) is 0 Å². The molecule has 0 saturated carbocycles. The number of carboxylic acid groups (broad SMARTS) is 1. The highest BCUT2D eigenvalue weighted by Crippen LogP contribution is 2.09. The number of pyridine rings is 1. The molecule has 0 bridgehead atoms. The molecule has 0 atom stereocenters. The number of carboxylic acids is 1. The third kappa shape index (κ3) is 2.36. The standard InChI is InChI=1S/C11H14N2O3/c1-3-13(4-2)10(14)8-6-5-7-12-9(8)11(15)16/h5-7H,3-4H2,1-2H3,(H,15,16). The minimum atomic E-state index is -1.18. The highest BCUT2D eigenvalue weighted by molar-refractivity contribution is 6.03. The van der Waals surface area contributed by atoms with Crippen molar-refractivity contribution in [1.29, 1.82) is 0 Å². The van der Waals surface area contributed by atoms with Crippen LogP contribution in [0.3, 0.4) is 0 Å². The van der Waals surface area contributed by atoms with Crippen LogP contribution >= 0.6 is 0 Å². The van der Waals surface area contributed by atoms with E-state index in [9.17, 15) is 9.59 Å². The lowest BCUT2D eigenvalue weighted by Crippen LogP contribution is -2.31. The third-order valence-electron chi connectivity index (χ3n) is 2.29. The third-order valence-corrected chi connectivity index (χ3v) is 2.29. The van der Waals surface area contributed by atoms with E-state index in [1.807, 2.05) is 13.8 Å². The van der Waals surface area contributed by atoms with Crippen LogP contribution in [-0.4, -0.2) is 40.0 Å². The molecule has 0 fully saturated rings. The van der Waals surface area contributed by atoms with E-state index in [2.05, 4.69) is 4.98 Å². The molecule has 16 heavy (non-hydrogen) atoms. The van der Waals surface area contributed by atoms with Crippen LogP contribution in [0.4, 0.5) is 0 Å². The second-order valence-electron chi connectivity index (χ2n) is 3.18. The maximum Gasteiger partial charge on any atom is 0.355 e. The predicted molar refractivity (Wildman–Crippen MR) is 58.4 cm³/mol. The molecular weight excluding hydrogens is 208 g/mol. The fraction of sp³-hybridized carbons (Fsp3) is 0.364. The van der Waals surface area contributed by atoms with Crippen LogP contribution in [0.1, 0.15) is 34.7 Å². The number of amides is 1. The van der Waals surface area contributed by atoms with Gasteiger partial charge in [-0.05, 0) is 26.0 Å². The van der Waals surface area contributed by atoms with Gasteiger partial charge in [0, 0.05) is 19.3 Å². The normalized spacial score (nSPS) is 9.88. The van der Waals surface area contributed by atoms with Crippen molar-refractivity contribution in [3.05, 3.63) is 29.6 Å². The Morgan fingerprint density at radius 3 is 2.50 bits per heavy atom.